The second kappa shape index (κ2) is 43.3. The van der Waals surface area contributed by atoms with Crippen LogP contribution in [0.4, 0.5) is 22.7 Å². The lowest BCUT2D eigenvalue weighted by atomic mass is 9.79. The van der Waals surface area contributed by atoms with E-state index in [9.17, 15) is 29.8 Å². The molecule has 0 saturated carbocycles. The van der Waals surface area contributed by atoms with Crippen molar-refractivity contribution in [3.63, 3.8) is 0 Å². The normalized spacial score (nSPS) is 10.8. The van der Waals surface area contributed by atoms with E-state index in [0.717, 1.165) is 120 Å². The zero-order chi connectivity index (χ0) is 93.5. The molecule has 1 amide bonds. The van der Waals surface area contributed by atoms with Gasteiger partial charge in [0.15, 0.2) is 0 Å². The molecule has 13 nitrogen and oxygen atoms in total. The number of nitrogens with one attached hydrogen (secondary N) is 1. The fourth-order valence-electron chi connectivity index (χ4n) is 16.2. The van der Waals surface area contributed by atoms with Crippen molar-refractivity contribution in [2.24, 2.45) is 0 Å². The summed E-state index contributed by atoms with van der Waals surface area (Å²) in [6.45, 7) is 0. The van der Waals surface area contributed by atoms with E-state index < -0.39 is 17.3 Å². The van der Waals surface area contributed by atoms with E-state index in [2.05, 4.69) is 271 Å². The van der Waals surface area contributed by atoms with E-state index in [1.807, 2.05) is 200 Å². The Morgan fingerprint density at radius 1 is 0.313 bits per heavy atom. The lowest BCUT2D eigenvalue weighted by Gasteiger charge is -2.14. The van der Waals surface area contributed by atoms with Gasteiger partial charge in [0.05, 0.1) is 32.1 Å². The maximum absolute atomic E-state index is 13.0. The molecule has 0 aliphatic carbocycles. The lowest BCUT2D eigenvalue weighted by molar-refractivity contribution is -0.384. The van der Waals surface area contributed by atoms with Gasteiger partial charge in [-0.2, -0.15) is 0 Å². The number of amides is 1. The molecule has 0 fully saturated rings. The first kappa shape index (κ1) is 93.5. The summed E-state index contributed by atoms with van der Waals surface area (Å²) in [4.78, 5) is 49.5. The second-order valence-corrected chi connectivity index (χ2v) is 36.3. The molecule has 0 unspecified atom stereocenters. The average Bonchev–Trinajstić information content (AvgIpc) is 0.729. The van der Waals surface area contributed by atoms with Gasteiger partial charge in [-0.3, -0.25) is 29.8 Å². The highest BCUT2D eigenvalue weighted by atomic mass is 79.9. The number of nitrogens with two attached hydrogens (primary N) is 1. The van der Waals surface area contributed by atoms with Gasteiger partial charge < -0.3 is 21.1 Å². The van der Waals surface area contributed by atoms with Crippen LogP contribution in [0.2, 0.25) is 0 Å². The molecule has 1 aromatic heterocycles. The molecule has 134 heavy (non-hydrogen) atoms. The number of nitro groups is 2. The van der Waals surface area contributed by atoms with E-state index >= 15 is 0 Å². The van der Waals surface area contributed by atoms with E-state index in [-0.39, 0.29) is 27.7 Å². The number of pyridine rings is 1. The summed E-state index contributed by atoms with van der Waals surface area (Å²) < 4.78 is 6.52. The molecule has 0 saturated heterocycles. The van der Waals surface area contributed by atoms with Gasteiger partial charge >= 0.3 is 7.12 Å². The number of nitrogens with zero attached hydrogens (tertiary/aromatic N) is 3. The highest BCUT2D eigenvalue weighted by molar-refractivity contribution is 9.11. The largest absolute Gasteiger partial charge is 0.495 e. The number of anilines is 2. The Hall–Kier alpha value is -13.7. The molecule has 0 bridgehead atoms. The van der Waals surface area contributed by atoms with Gasteiger partial charge in [-0.25, -0.2) is 4.98 Å². The summed E-state index contributed by atoms with van der Waals surface area (Å²) in [5.41, 5.74) is 17.6. The zero-order valence-corrected chi connectivity index (χ0v) is 81.2. The minimum atomic E-state index is -1.80. The third-order valence-corrected chi connectivity index (χ3v) is 26.9. The number of carbonyl (C=O) groups excluding carboxylic acids is 2. The van der Waals surface area contributed by atoms with Crippen molar-refractivity contribution in [2.45, 2.75) is 0 Å². The van der Waals surface area contributed by atoms with Crippen LogP contribution in [0.25, 0.3) is 152 Å². The van der Waals surface area contributed by atoms with Crippen molar-refractivity contribution >= 4 is 262 Å². The van der Waals surface area contributed by atoms with Crippen molar-refractivity contribution in [3.05, 3.63) is 483 Å². The summed E-state index contributed by atoms with van der Waals surface area (Å²) in [6.07, 6.45) is 0. The highest BCUT2D eigenvalue weighted by Gasteiger charge is 2.24. The van der Waals surface area contributed by atoms with E-state index in [1.54, 1.807) is 24.3 Å². The number of hydrogen-bond acceptors (Lipinski definition) is 10. The van der Waals surface area contributed by atoms with E-state index in [0.29, 0.717) is 16.7 Å². The molecular weight excluding hydrogens is 2080 g/mol. The SMILES string of the molecule is Brc1cc2c(-c3ccc4ccccc4c3)nc3ccccc3c2c2ccccc12.Brc1ccc(Br)c2ccccc12.Nc1ccccc1-c1ccc(Br)c2ccccc12.O=C(Cl)c1ccc2ccccc2c1.O=C(Nc1ccccc1-c1ccc(Br)c2ccccc12)c1ccc2ccccc2c1.O=[N+]([O-])c1ccccc1-c1ccc(Br)c2ccccc12.O=[N+]([O-])c1ccccc1B(O)O. The summed E-state index contributed by atoms with van der Waals surface area (Å²) in [5, 5.41) is 63.7. The Bertz CT molecular complexity index is 8220. The Morgan fingerprint density at radius 2 is 0.664 bits per heavy atom. The molecule has 5 N–H and O–H groups in total. The number of nitrogen functional groups attached to an aromatic ring is 1. The molecule has 0 atom stereocenters. The third kappa shape index (κ3) is 21.3. The molecule has 1 heterocycles. The van der Waals surface area contributed by atoms with Gasteiger partial charge in [0, 0.05) is 94.3 Å². The average molecular weight is 2160 g/mol. The van der Waals surface area contributed by atoms with Crippen LogP contribution in [0.1, 0.15) is 20.7 Å². The number of nitro benzene ring substituents is 2. The molecule has 0 aliphatic rings. The Kier molecular flexibility index (Phi) is 30.2. The first-order chi connectivity index (χ1) is 65.1. The summed E-state index contributed by atoms with van der Waals surface area (Å²) in [5.74, 6) is -0.116. The number of benzene rings is 21. The summed E-state index contributed by atoms with van der Waals surface area (Å²) in [6, 6.07) is 139. The van der Waals surface area contributed by atoms with Crippen molar-refractivity contribution in [1.29, 1.82) is 0 Å². The predicted octanol–water partition coefficient (Wildman–Crippen LogP) is 32.7. The monoisotopic (exact) mass is 2150 g/mol. The van der Waals surface area contributed by atoms with E-state index in [1.165, 1.54) is 95.1 Å². The number of rotatable bonds is 10. The number of aromatic nitrogens is 1. The highest BCUT2D eigenvalue weighted by Crippen LogP contribution is 2.44. The van der Waals surface area contributed by atoms with Crippen molar-refractivity contribution in [2.75, 3.05) is 11.1 Å². The van der Waals surface area contributed by atoms with Crippen molar-refractivity contribution in [1.82, 2.24) is 4.98 Å². The topological polar surface area (TPSA) is 212 Å². The predicted molar refractivity (Wildman–Crippen MR) is 578 cm³/mol. The van der Waals surface area contributed by atoms with Crippen LogP contribution in [0.3, 0.4) is 0 Å². The van der Waals surface area contributed by atoms with E-state index in [4.69, 9.17) is 32.4 Å². The molecule has 22 rings (SSSR count). The Balaban J connectivity index is 0.000000117. The number of fused-ring (bicyclic) bond motifs is 12. The molecular formula is C113H75BBr6ClN5O8. The van der Waals surface area contributed by atoms with Crippen LogP contribution < -0.4 is 16.5 Å². The molecule has 0 spiro atoms. The summed E-state index contributed by atoms with van der Waals surface area (Å²) >= 11 is 26.9. The number of para-hydroxylation sites is 5. The number of halogens is 7. The fourth-order valence-corrected chi connectivity index (χ4v) is 19.3. The molecule has 21 aromatic carbocycles. The fraction of sp³-hybridized carbons (Fsp3) is 0. The first-order valence-electron chi connectivity index (χ1n) is 42.1. The minimum Gasteiger partial charge on any atom is -0.423 e. The molecule has 0 radical (unpaired) electrons. The van der Waals surface area contributed by atoms with Crippen LogP contribution >= 0.6 is 107 Å². The minimum absolute atomic E-state index is 0.0949. The van der Waals surface area contributed by atoms with Crippen LogP contribution in [-0.4, -0.2) is 43.1 Å². The van der Waals surface area contributed by atoms with Gasteiger partial charge in [0.1, 0.15) is 0 Å². The lowest BCUT2D eigenvalue weighted by Crippen LogP contribution is -2.31. The zero-order valence-electron chi connectivity index (χ0n) is 70.9. The number of carbonyl (C=O) groups is 2. The second-order valence-electron chi connectivity index (χ2n) is 30.8. The smallest absolute Gasteiger partial charge is 0.423 e. The molecule has 21 heteroatoms. The quantitative estimate of drug-likeness (QED) is 0.0254. The van der Waals surface area contributed by atoms with Crippen LogP contribution in [0, 0.1) is 20.2 Å². The number of hydrogen-bond donors (Lipinski definition) is 4. The van der Waals surface area contributed by atoms with Crippen LogP contribution in [0.5, 0.6) is 0 Å². The summed E-state index contributed by atoms with van der Waals surface area (Å²) in [7, 11) is -1.80. The van der Waals surface area contributed by atoms with Gasteiger partial charge in [-0.1, -0.05) is 417 Å². The third-order valence-electron chi connectivity index (χ3n) is 22.6. The maximum atomic E-state index is 13.0. The maximum Gasteiger partial charge on any atom is 0.495 e. The van der Waals surface area contributed by atoms with Crippen LogP contribution in [-0.2, 0) is 0 Å². The first-order valence-corrected chi connectivity index (χ1v) is 47.3. The van der Waals surface area contributed by atoms with Gasteiger partial charge in [-0.15, -0.1) is 0 Å². The molecule has 0 aliphatic heterocycles. The molecule has 22 aromatic rings. The Labute approximate surface area is 826 Å². The van der Waals surface area contributed by atoms with Crippen molar-refractivity contribution in [3.8, 4) is 44.6 Å². The van der Waals surface area contributed by atoms with Crippen molar-refractivity contribution < 1.29 is 29.5 Å². The van der Waals surface area contributed by atoms with Crippen LogP contribution in [0.15, 0.2) is 451 Å². The Morgan fingerprint density at radius 3 is 1.15 bits per heavy atom. The van der Waals surface area contributed by atoms with Gasteiger partial charge in [0.25, 0.3) is 22.5 Å². The molecule has 652 valence electrons. The van der Waals surface area contributed by atoms with Gasteiger partial charge in [-0.05, 0) is 205 Å². The standard InChI is InChI=1S/C27H18BrNO.C27H16BrN.C16H10BrNO2.C16H12BrN.C11H7ClO.C10H6Br2.C6H6BNO4/c28-25-16-15-22(21-9-3-4-10-23(21)25)24-11-5-6-12-26(24)29-27(30)20-14-13-18-7-1-2-8-19(18)17-20;28-24-16-23-26(21-10-4-3-9-20(21)24)22-11-5-6-12-25(22)29-27(23)19-14-13-17-7-1-2-8-18(17)15-19;17-15-10-9-12(11-5-1-2-6-13(11)15)14-7-3-4-8-16(14)18(19)20;17-15-10-9-12(11-5-1-2-6-13(11)15)14-7-3-4-8-16(14)18;12-11(13)10-6-5-8-3-1-2-4-9(8)7-10;11-9-5-6-10(12)8-4-2-1-3-7(8)9;9-7(10)5-3-1-2-4-6(5)8(11)12/h1-17H,(H,29,30);1-16H;1-10H;1-10H,18H2;1-7H;1-6H;1-4,9-10H. The van der Waals surface area contributed by atoms with Gasteiger partial charge in [0.2, 0.25) is 0 Å².